The first-order valence-electron chi connectivity index (χ1n) is 5.03. The van der Waals surface area contributed by atoms with Crippen LogP contribution in [-0.2, 0) is 5.75 Å². The molecule has 88 valence electrons. The molecule has 0 aliphatic carbocycles. The first-order valence-corrected chi connectivity index (χ1v) is 6.08. The molecule has 1 N–H and O–H groups in total. The lowest BCUT2D eigenvalue weighted by Gasteiger charge is -2.13. The summed E-state index contributed by atoms with van der Waals surface area (Å²) in [7, 11) is 0. The molecule has 4 nitrogen and oxygen atoms in total. The van der Waals surface area contributed by atoms with Gasteiger partial charge in [0.15, 0.2) is 0 Å². The van der Waals surface area contributed by atoms with Crippen molar-refractivity contribution in [3.05, 3.63) is 39.9 Å². The molecule has 0 bridgehead atoms. The Labute approximate surface area is 98.8 Å². The van der Waals surface area contributed by atoms with Crippen LogP contribution in [0.4, 0.5) is 5.69 Å². The molecule has 0 saturated carbocycles. The first kappa shape index (κ1) is 13.0. The number of aliphatic hydroxyl groups is 1. The minimum atomic E-state index is -0.397. The molecule has 0 amide bonds. The Morgan fingerprint density at radius 1 is 1.50 bits per heavy atom. The average Bonchev–Trinajstić information content (AvgIpc) is 2.26. The SMILES string of the molecule is C[C@H](O)[C@H](C)SCc1cccc([N+](=O)[O-])c1. The van der Waals surface area contributed by atoms with Crippen LogP contribution in [0, 0.1) is 10.1 Å². The molecule has 0 aromatic heterocycles. The molecular weight excluding hydrogens is 226 g/mol. The van der Waals surface area contributed by atoms with Crippen molar-refractivity contribution in [2.45, 2.75) is 31.0 Å². The Kier molecular flexibility index (Phi) is 4.76. The molecular formula is C11H15NO3S. The number of non-ortho nitro benzene ring substituents is 1. The maximum atomic E-state index is 10.6. The van der Waals surface area contributed by atoms with Crippen LogP contribution >= 0.6 is 11.8 Å². The summed E-state index contributed by atoms with van der Waals surface area (Å²) in [6, 6.07) is 6.59. The van der Waals surface area contributed by atoms with Crippen molar-refractivity contribution in [2.75, 3.05) is 0 Å². The summed E-state index contributed by atoms with van der Waals surface area (Å²) < 4.78 is 0. The van der Waals surface area contributed by atoms with E-state index in [1.165, 1.54) is 6.07 Å². The van der Waals surface area contributed by atoms with Gasteiger partial charge in [-0.15, -0.1) is 0 Å². The number of benzene rings is 1. The van der Waals surface area contributed by atoms with Crippen LogP contribution in [0.15, 0.2) is 24.3 Å². The van der Waals surface area contributed by atoms with Crippen molar-refractivity contribution in [3.63, 3.8) is 0 Å². The van der Waals surface area contributed by atoms with Crippen molar-refractivity contribution in [2.24, 2.45) is 0 Å². The molecule has 0 fully saturated rings. The van der Waals surface area contributed by atoms with Gasteiger partial charge in [-0.25, -0.2) is 0 Å². The van der Waals surface area contributed by atoms with Gasteiger partial charge in [-0.05, 0) is 12.5 Å². The minimum Gasteiger partial charge on any atom is -0.392 e. The molecule has 2 atom stereocenters. The van der Waals surface area contributed by atoms with Gasteiger partial charge in [-0.2, -0.15) is 11.8 Å². The van der Waals surface area contributed by atoms with Crippen LogP contribution in [0.1, 0.15) is 19.4 Å². The van der Waals surface area contributed by atoms with Gasteiger partial charge in [0.25, 0.3) is 5.69 Å². The Morgan fingerprint density at radius 3 is 2.75 bits per heavy atom. The Morgan fingerprint density at radius 2 is 2.19 bits per heavy atom. The number of nitro groups is 1. The van der Waals surface area contributed by atoms with Crippen LogP contribution in [0.2, 0.25) is 0 Å². The first-order chi connectivity index (χ1) is 7.50. The van der Waals surface area contributed by atoms with Crippen LogP contribution < -0.4 is 0 Å². The van der Waals surface area contributed by atoms with E-state index in [2.05, 4.69) is 0 Å². The van der Waals surface area contributed by atoms with Crippen molar-refractivity contribution < 1.29 is 10.0 Å². The van der Waals surface area contributed by atoms with Gasteiger partial charge in [0.05, 0.1) is 11.0 Å². The standard InChI is InChI=1S/C11H15NO3S/c1-8(13)9(2)16-7-10-4-3-5-11(6-10)12(14)15/h3-6,8-9,13H,7H2,1-2H3/t8-,9-/m0/s1. The zero-order chi connectivity index (χ0) is 12.1. The summed E-state index contributed by atoms with van der Waals surface area (Å²) in [4.78, 5) is 10.2. The number of thioether (sulfide) groups is 1. The van der Waals surface area contributed by atoms with Crippen molar-refractivity contribution >= 4 is 17.4 Å². The maximum Gasteiger partial charge on any atom is 0.269 e. The number of hydrogen-bond donors (Lipinski definition) is 1. The predicted octanol–water partition coefficient (Wildman–Crippen LogP) is 2.60. The third kappa shape index (κ3) is 3.83. The third-order valence-corrected chi connectivity index (χ3v) is 3.73. The molecule has 0 spiro atoms. The van der Waals surface area contributed by atoms with Gasteiger partial charge in [0, 0.05) is 23.1 Å². The zero-order valence-corrected chi connectivity index (χ0v) is 10.1. The van der Waals surface area contributed by atoms with E-state index in [1.807, 2.05) is 13.0 Å². The second kappa shape index (κ2) is 5.86. The fourth-order valence-electron chi connectivity index (χ4n) is 1.13. The normalized spacial score (nSPS) is 14.4. The van der Waals surface area contributed by atoms with Gasteiger partial charge in [0.2, 0.25) is 0 Å². The summed E-state index contributed by atoms with van der Waals surface area (Å²) in [6.45, 7) is 3.68. The number of rotatable bonds is 5. The predicted molar refractivity (Wildman–Crippen MR) is 65.5 cm³/mol. The molecule has 5 heteroatoms. The molecule has 0 aliphatic heterocycles. The molecule has 0 heterocycles. The lowest BCUT2D eigenvalue weighted by molar-refractivity contribution is -0.384. The van der Waals surface area contributed by atoms with Crippen molar-refractivity contribution in [1.29, 1.82) is 0 Å². The van der Waals surface area contributed by atoms with E-state index in [0.717, 1.165) is 5.56 Å². The highest BCUT2D eigenvalue weighted by molar-refractivity contribution is 7.99. The van der Waals surface area contributed by atoms with Gasteiger partial charge in [0.1, 0.15) is 0 Å². The van der Waals surface area contributed by atoms with Crippen LogP contribution in [0.25, 0.3) is 0 Å². The molecule has 1 aromatic carbocycles. The number of nitro benzene ring substituents is 1. The monoisotopic (exact) mass is 241 g/mol. The topological polar surface area (TPSA) is 63.4 Å². The van der Waals surface area contributed by atoms with E-state index in [9.17, 15) is 15.2 Å². The van der Waals surface area contributed by atoms with Crippen LogP contribution in [0.5, 0.6) is 0 Å². The quantitative estimate of drug-likeness (QED) is 0.635. The Bertz CT molecular complexity index is 368. The molecule has 0 radical (unpaired) electrons. The van der Waals surface area contributed by atoms with E-state index in [1.54, 1.807) is 30.8 Å². The minimum absolute atomic E-state index is 0.114. The third-order valence-electron chi connectivity index (χ3n) is 2.31. The highest BCUT2D eigenvalue weighted by Crippen LogP contribution is 2.22. The second-order valence-electron chi connectivity index (χ2n) is 3.68. The lowest BCUT2D eigenvalue weighted by Crippen LogP contribution is -2.15. The van der Waals surface area contributed by atoms with E-state index < -0.39 is 4.92 Å². The highest BCUT2D eigenvalue weighted by atomic mass is 32.2. The highest BCUT2D eigenvalue weighted by Gasteiger charge is 2.10. The Hall–Kier alpha value is -1.07. The summed E-state index contributed by atoms with van der Waals surface area (Å²) in [5.74, 6) is 0.674. The zero-order valence-electron chi connectivity index (χ0n) is 9.29. The Balaban J connectivity index is 2.61. The van der Waals surface area contributed by atoms with E-state index in [0.29, 0.717) is 5.75 Å². The number of aliphatic hydroxyl groups excluding tert-OH is 1. The van der Waals surface area contributed by atoms with Gasteiger partial charge in [-0.1, -0.05) is 19.1 Å². The number of hydrogen-bond acceptors (Lipinski definition) is 4. The van der Waals surface area contributed by atoms with E-state index in [-0.39, 0.29) is 17.0 Å². The second-order valence-corrected chi connectivity index (χ2v) is 5.05. The van der Waals surface area contributed by atoms with Crippen molar-refractivity contribution in [3.8, 4) is 0 Å². The molecule has 0 unspecified atom stereocenters. The average molecular weight is 241 g/mol. The maximum absolute atomic E-state index is 10.6. The summed E-state index contributed by atoms with van der Waals surface area (Å²) >= 11 is 1.59. The van der Waals surface area contributed by atoms with E-state index >= 15 is 0 Å². The summed E-state index contributed by atoms with van der Waals surface area (Å²) in [5, 5.41) is 20.0. The van der Waals surface area contributed by atoms with Crippen molar-refractivity contribution in [1.82, 2.24) is 0 Å². The molecule has 1 rings (SSSR count). The number of nitrogens with zero attached hydrogens (tertiary/aromatic N) is 1. The fourth-order valence-corrected chi connectivity index (χ4v) is 2.04. The fraction of sp³-hybridized carbons (Fsp3) is 0.455. The molecule has 1 aromatic rings. The molecule has 0 aliphatic rings. The summed E-state index contributed by atoms with van der Waals surface area (Å²) in [5.41, 5.74) is 1.02. The summed E-state index contributed by atoms with van der Waals surface area (Å²) in [6.07, 6.45) is -0.372. The van der Waals surface area contributed by atoms with Crippen LogP contribution in [0.3, 0.4) is 0 Å². The lowest BCUT2D eigenvalue weighted by atomic mass is 10.2. The molecule has 16 heavy (non-hydrogen) atoms. The van der Waals surface area contributed by atoms with Crippen LogP contribution in [-0.4, -0.2) is 21.4 Å². The smallest absolute Gasteiger partial charge is 0.269 e. The largest absolute Gasteiger partial charge is 0.392 e. The van der Waals surface area contributed by atoms with E-state index in [4.69, 9.17) is 0 Å². The van der Waals surface area contributed by atoms with Gasteiger partial charge < -0.3 is 5.11 Å². The van der Waals surface area contributed by atoms with Gasteiger partial charge in [-0.3, -0.25) is 10.1 Å². The van der Waals surface area contributed by atoms with Gasteiger partial charge >= 0.3 is 0 Å². The molecule has 0 saturated heterocycles.